The Morgan fingerprint density at radius 3 is 2.30 bits per heavy atom. The van der Waals surface area contributed by atoms with E-state index in [1.165, 1.54) is 29.2 Å². The van der Waals surface area contributed by atoms with Gasteiger partial charge in [0.2, 0.25) is 5.91 Å². The van der Waals surface area contributed by atoms with E-state index in [4.69, 9.17) is 0 Å². The number of hydrogen-bond acceptors (Lipinski definition) is 6. The van der Waals surface area contributed by atoms with Crippen molar-refractivity contribution >= 4 is 28.8 Å². The van der Waals surface area contributed by atoms with Gasteiger partial charge in [0.1, 0.15) is 11.1 Å². The standard InChI is InChI=1S/C19H24N4O4/c1-17(2)18(3)10-11-19(17,16(25)22(4)5)15(24)14(18)21-20-12-6-8-13(9-7-12)23(26)27/h6-9,20H,10-11H2,1-5H3. The van der Waals surface area contributed by atoms with Gasteiger partial charge in [-0.1, -0.05) is 20.8 Å². The second-order valence-electron chi connectivity index (χ2n) is 8.27. The molecule has 8 nitrogen and oxygen atoms in total. The second kappa shape index (κ2) is 5.87. The average Bonchev–Trinajstić information content (AvgIpc) is 2.88. The number of hydrazone groups is 1. The van der Waals surface area contributed by atoms with Gasteiger partial charge in [0.25, 0.3) is 5.69 Å². The zero-order chi connectivity index (χ0) is 20.2. The predicted octanol–water partition coefficient (Wildman–Crippen LogP) is 2.85. The summed E-state index contributed by atoms with van der Waals surface area (Å²) in [5, 5.41) is 15.1. The summed E-state index contributed by atoms with van der Waals surface area (Å²) < 4.78 is 0. The van der Waals surface area contributed by atoms with Gasteiger partial charge in [-0.15, -0.1) is 0 Å². The molecule has 2 aliphatic rings. The highest BCUT2D eigenvalue weighted by molar-refractivity contribution is 6.50. The number of non-ortho nitro benzene ring substituents is 1. The van der Waals surface area contributed by atoms with Gasteiger partial charge in [-0.05, 0) is 30.4 Å². The highest BCUT2D eigenvalue weighted by Gasteiger charge is 2.76. The Labute approximate surface area is 157 Å². The first-order valence-electron chi connectivity index (χ1n) is 8.84. The van der Waals surface area contributed by atoms with Crippen molar-refractivity contribution < 1.29 is 14.5 Å². The Balaban J connectivity index is 1.97. The number of hydrogen-bond donors (Lipinski definition) is 1. The number of anilines is 1. The van der Waals surface area contributed by atoms with Gasteiger partial charge in [0.05, 0.1) is 10.6 Å². The first kappa shape index (κ1) is 19.0. The minimum absolute atomic E-state index is 0.0205. The number of Topliss-reactive ketones (excluding diaryl/α,β-unsaturated/α-hetero) is 1. The van der Waals surface area contributed by atoms with Crippen LogP contribution in [-0.2, 0) is 9.59 Å². The summed E-state index contributed by atoms with van der Waals surface area (Å²) in [5.41, 5.74) is 1.54. The molecule has 2 unspecified atom stereocenters. The SMILES string of the molecule is CN(C)C(=O)C12CCC(C)(C(=NNc3ccc([N+](=O)[O-])cc3)C1=O)C2(C)C. The first-order valence-corrected chi connectivity index (χ1v) is 8.84. The van der Waals surface area contributed by atoms with Crippen LogP contribution in [-0.4, -0.2) is 41.3 Å². The summed E-state index contributed by atoms with van der Waals surface area (Å²) in [7, 11) is 3.33. The van der Waals surface area contributed by atoms with Gasteiger partial charge < -0.3 is 4.90 Å². The van der Waals surface area contributed by atoms with Crippen molar-refractivity contribution in [3.63, 3.8) is 0 Å². The molecule has 144 valence electrons. The third-order valence-corrected chi connectivity index (χ3v) is 6.72. The zero-order valence-corrected chi connectivity index (χ0v) is 16.2. The Kier molecular flexibility index (Phi) is 4.13. The maximum Gasteiger partial charge on any atom is 0.269 e. The molecule has 0 spiro atoms. The van der Waals surface area contributed by atoms with Crippen molar-refractivity contribution in [2.75, 3.05) is 19.5 Å². The highest BCUT2D eigenvalue weighted by Crippen LogP contribution is 2.69. The Morgan fingerprint density at radius 1 is 1.19 bits per heavy atom. The lowest BCUT2D eigenvalue weighted by Gasteiger charge is -2.38. The van der Waals surface area contributed by atoms with E-state index in [0.29, 0.717) is 24.2 Å². The number of nitrogens with zero attached hydrogens (tertiary/aromatic N) is 3. The number of carbonyl (C=O) groups excluding carboxylic acids is 2. The highest BCUT2D eigenvalue weighted by atomic mass is 16.6. The maximum atomic E-state index is 13.3. The number of rotatable bonds is 4. The molecule has 1 N–H and O–H groups in total. The molecule has 8 heteroatoms. The van der Waals surface area contributed by atoms with Gasteiger partial charge in [-0.3, -0.25) is 25.1 Å². The zero-order valence-electron chi connectivity index (χ0n) is 16.2. The normalized spacial score (nSPS) is 29.8. The van der Waals surface area contributed by atoms with Crippen LogP contribution in [0.25, 0.3) is 0 Å². The summed E-state index contributed by atoms with van der Waals surface area (Å²) in [5.74, 6) is -0.406. The fourth-order valence-electron chi connectivity index (χ4n) is 4.60. The number of fused-ring (bicyclic) bond motifs is 2. The van der Waals surface area contributed by atoms with Crippen molar-refractivity contribution in [1.82, 2.24) is 4.90 Å². The molecule has 0 saturated heterocycles. The Morgan fingerprint density at radius 2 is 1.78 bits per heavy atom. The maximum absolute atomic E-state index is 13.3. The molecular formula is C19H24N4O4. The lowest BCUT2D eigenvalue weighted by atomic mass is 9.64. The number of ketones is 1. The van der Waals surface area contributed by atoms with Crippen LogP contribution in [0.4, 0.5) is 11.4 Å². The summed E-state index contributed by atoms with van der Waals surface area (Å²) in [6.07, 6.45) is 1.22. The molecule has 2 atom stereocenters. The average molecular weight is 372 g/mol. The largest absolute Gasteiger partial charge is 0.348 e. The van der Waals surface area contributed by atoms with E-state index in [0.717, 1.165) is 0 Å². The molecular weight excluding hydrogens is 348 g/mol. The topological polar surface area (TPSA) is 105 Å². The van der Waals surface area contributed by atoms with Gasteiger partial charge in [-0.25, -0.2) is 0 Å². The number of nitro groups is 1. The van der Waals surface area contributed by atoms with Crippen molar-refractivity contribution in [2.45, 2.75) is 33.6 Å². The number of nitrogens with one attached hydrogen (secondary N) is 1. The molecule has 2 bridgehead atoms. The number of benzene rings is 1. The summed E-state index contributed by atoms with van der Waals surface area (Å²) in [4.78, 5) is 38.1. The van der Waals surface area contributed by atoms with E-state index < -0.39 is 21.2 Å². The molecule has 27 heavy (non-hydrogen) atoms. The van der Waals surface area contributed by atoms with Crippen LogP contribution in [0.3, 0.4) is 0 Å². The molecule has 1 aromatic carbocycles. The van der Waals surface area contributed by atoms with Crippen LogP contribution in [0.1, 0.15) is 33.6 Å². The lowest BCUT2D eigenvalue weighted by molar-refractivity contribution is -0.384. The molecule has 0 heterocycles. The van der Waals surface area contributed by atoms with Crippen LogP contribution < -0.4 is 5.43 Å². The van der Waals surface area contributed by atoms with E-state index in [9.17, 15) is 19.7 Å². The molecule has 0 aliphatic heterocycles. The monoisotopic (exact) mass is 372 g/mol. The molecule has 0 radical (unpaired) electrons. The molecule has 2 fully saturated rings. The van der Waals surface area contributed by atoms with E-state index in [2.05, 4.69) is 10.5 Å². The Hall–Kier alpha value is -2.77. The van der Waals surface area contributed by atoms with E-state index >= 15 is 0 Å². The number of nitro benzene ring substituents is 1. The molecule has 1 amide bonds. The third kappa shape index (κ3) is 2.32. The van der Waals surface area contributed by atoms with Crippen molar-refractivity contribution in [2.24, 2.45) is 21.3 Å². The van der Waals surface area contributed by atoms with Crippen LogP contribution >= 0.6 is 0 Å². The predicted molar refractivity (Wildman–Crippen MR) is 101 cm³/mol. The number of carbonyl (C=O) groups is 2. The molecule has 2 saturated carbocycles. The quantitative estimate of drug-likeness (QED) is 0.497. The molecule has 2 aliphatic carbocycles. The minimum Gasteiger partial charge on any atom is -0.348 e. The minimum atomic E-state index is -1.10. The third-order valence-electron chi connectivity index (χ3n) is 6.72. The van der Waals surface area contributed by atoms with Gasteiger partial charge in [0, 0.05) is 31.6 Å². The second-order valence-corrected chi connectivity index (χ2v) is 8.27. The van der Waals surface area contributed by atoms with Gasteiger partial charge >= 0.3 is 0 Å². The van der Waals surface area contributed by atoms with Crippen molar-refractivity contribution in [1.29, 1.82) is 0 Å². The van der Waals surface area contributed by atoms with Crippen LogP contribution in [0.15, 0.2) is 29.4 Å². The summed E-state index contributed by atoms with van der Waals surface area (Å²) in [6.45, 7) is 5.92. The van der Waals surface area contributed by atoms with Crippen molar-refractivity contribution in [3.8, 4) is 0 Å². The van der Waals surface area contributed by atoms with Crippen LogP contribution in [0.5, 0.6) is 0 Å². The smallest absolute Gasteiger partial charge is 0.269 e. The fourth-order valence-corrected chi connectivity index (χ4v) is 4.60. The van der Waals surface area contributed by atoms with E-state index in [1.54, 1.807) is 14.1 Å². The summed E-state index contributed by atoms with van der Waals surface area (Å²) in [6, 6.07) is 5.81. The molecule has 1 aromatic rings. The number of amides is 1. The van der Waals surface area contributed by atoms with E-state index in [1.807, 2.05) is 20.8 Å². The lowest BCUT2D eigenvalue weighted by Crippen LogP contribution is -2.50. The van der Waals surface area contributed by atoms with Crippen molar-refractivity contribution in [3.05, 3.63) is 34.4 Å². The van der Waals surface area contributed by atoms with E-state index in [-0.39, 0.29) is 17.4 Å². The summed E-state index contributed by atoms with van der Waals surface area (Å²) >= 11 is 0. The first-order chi connectivity index (χ1) is 12.5. The van der Waals surface area contributed by atoms with Crippen LogP contribution in [0, 0.1) is 26.4 Å². The molecule has 3 rings (SSSR count). The Bertz CT molecular complexity index is 859. The molecule has 0 aromatic heterocycles. The fraction of sp³-hybridized carbons (Fsp3) is 0.526. The van der Waals surface area contributed by atoms with Gasteiger partial charge in [-0.2, -0.15) is 5.10 Å². The van der Waals surface area contributed by atoms with Gasteiger partial charge in [0.15, 0.2) is 5.78 Å². The van der Waals surface area contributed by atoms with Crippen LogP contribution in [0.2, 0.25) is 0 Å².